The predicted molar refractivity (Wildman–Crippen MR) is 77.8 cm³/mol. The molecule has 0 atom stereocenters. The van der Waals surface area contributed by atoms with Crippen molar-refractivity contribution >= 4 is 0 Å². The van der Waals surface area contributed by atoms with Crippen LogP contribution in [0.25, 0.3) is 0 Å². The first kappa shape index (κ1) is 18.4. The van der Waals surface area contributed by atoms with E-state index in [2.05, 4.69) is 69.2 Å². The van der Waals surface area contributed by atoms with Gasteiger partial charge in [0.25, 0.3) is 0 Å². The maximum atomic E-state index is 2.32. The topological polar surface area (TPSA) is 0 Å². The molecule has 0 unspecified atom stereocenters. The molecule has 0 nitrogen and oxygen atoms in total. The lowest BCUT2D eigenvalue weighted by Gasteiger charge is -2.27. The summed E-state index contributed by atoms with van der Waals surface area (Å²) in [6, 6.07) is 0. The molecule has 0 aromatic carbocycles. The lowest BCUT2D eigenvalue weighted by molar-refractivity contribution is 0.240. The van der Waals surface area contributed by atoms with Crippen LogP contribution in [0.4, 0.5) is 0 Å². The highest BCUT2D eigenvalue weighted by Gasteiger charge is 2.18. The van der Waals surface area contributed by atoms with E-state index in [9.17, 15) is 0 Å². The highest BCUT2D eigenvalue weighted by atomic mass is 14.2. The third-order valence-electron chi connectivity index (χ3n) is 4.58. The Morgan fingerprint density at radius 2 is 1.06 bits per heavy atom. The van der Waals surface area contributed by atoms with Gasteiger partial charge in [0.1, 0.15) is 0 Å². The van der Waals surface area contributed by atoms with Crippen LogP contribution in [0.2, 0.25) is 0 Å². The van der Waals surface area contributed by atoms with Crippen LogP contribution >= 0.6 is 0 Å². The fraction of sp³-hybridized carbons (Fsp3) is 1.00. The van der Waals surface area contributed by atoms with E-state index in [4.69, 9.17) is 0 Å². The van der Waals surface area contributed by atoms with Crippen molar-refractivity contribution in [3.63, 3.8) is 0 Å². The van der Waals surface area contributed by atoms with E-state index in [0.717, 1.165) is 23.7 Å². The fourth-order valence-electron chi connectivity index (χ4n) is 1.18. The van der Waals surface area contributed by atoms with Crippen LogP contribution < -0.4 is 0 Å². The van der Waals surface area contributed by atoms with E-state index in [-0.39, 0.29) is 0 Å². The maximum absolute atomic E-state index is 2.32. The lowest BCUT2D eigenvalue weighted by atomic mass is 9.79. The summed E-state index contributed by atoms with van der Waals surface area (Å²) in [5, 5.41) is 0. The molecule has 0 fully saturated rings. The molecule has 0 saturated heterocycles. The molecule has 0 aromatic heterocycles. The van der Waals surface area contributed by atoms with Crippen LogP contribution in [0.3, 0.4) is 0 Å². The molecule has 0 saturated carbocycles. The molecule has 0 aliphatic carbocycles. The van der Waals surface area contributed by atoms with E-state index < -0.39 is 0 Å². The van der Waals surface area contributed by atoms with Crippen LogP contribution in [-0.2, 0) is 0 Å². The summed E-state index contributed by atoms with van der Waals surface area (Å²) in [6.07, 6.45) is 1.28. The SMILES string of the molecule is CC(C)C(C)C(C)C.CCC(C)(C)C(C)C. The first-order chi connectivity index (χ1) is 7.06. The zero-order valence-corrected chi connectivity index (χ0v) is 13.5. The van der Waals surface area contributed by atoms with Gasteiger partial charge in [-0.1, -0.05) is 75.7 Å². The van der Waals surface area contributed by atoms with Crippen molar-refractivity contribution in [3.8, 4) is 0 Å². The van der Waals surface area contributed by atoms with Crippen molar-refractivity contribution in [1.82, 2.24) is 0 Å². The molecule has 0 rings (SSSR count). The van der Waals surface area contributed by atoms with Crippen LogP contribution in [0.15, 0.2) is 0 Å². The largest absolute Gasteiger partial charge is 0.0649 e. The molecule has 0 radical (unpaired) electrons. The summed E-state index contributed by atoms with van der Waals surface area (Å²) >= 11 is 0. The van der Waals surface area contributed by atoms with E-state index in [1.54, 1.807) is 0 Å². The number of hydrogen-bond donors (Lipinski definition) is 0. The van der Waals surface area contributed by atoms with E-state index in [1.165, 1.54) is 6.42 Å². The zero-order chi connectivity index (χ0) is 13.5. The van der Waals surface area contributed by atoms with Gasteiger partial charge in [0, 0.05) is 0 Å². The highest BCUT2D eigenvalue weighted by molar-refractivity contribution is 4.69. The minimum absolute atomic E-state index is 0.542. The Bertz CT molecular complexity index is 143. The molecule has 0 aliphatic rings. The Morgan fingerprint density at radius 3 is 1.06 bits per heavy atom. The molecule has 16 heavy (non-hydrogen) atoms. The van der Waals surface area contributed by atoms with Crippen molar-refractivity contribution in [1.29, 1.82) is 0 Å². The Kier molecular flexibility index (Phi) is 9.35. The molecule has 0 heteroatoms. The molecule has 100 valence electrons. The molecule has 0 aromatic rings. The standard InChI is InChI=1S/2C8H18/c1-6-8(4,5)7(2)3;1-6(2)8(5)7(3)4/h7H,6H2,1-5H3;6-8H,1-5H3. The Hall–Kier alpha value is 0. The van der Waals surface area contributed by atoms with Gasteiger partial charge in [-0.3, -0.25) is 0 Å². The molecule has 0 bridgehead atoms. The second-order valence-corrected chi connectivity index (χ2v) is 6.84. The normalized spacial score (nSPS) is 12.4. The Balaban J connectivity index is 0. The quantitative estimate of drug-likeness (QED) is 0.552. The molecular weight excluding hydrogens is 192 g/mol. The Morgan fingerprint density at radius 1 is 0.750 bits per heavy atom. The second-order valence-electron chi connectivity index (χ2n) is 6.84. The van der Waals surface area contributed by atoms with Gasteiger partial charge in [-0.2, -0.15) is 0 Å². The minimum Gasteiger partial charge on any atom is -0.0649 e. The summed E-state index contributed by atoms with van der Waals surface area (Å²) in [4.78, 5) is 0. The first-order valence-corrected chi connectivity index (χ1v) is 7.06. The molecule has 0 heterocycles. The van der Waals surface area contributed by atoms with E-state index in [0.29, 0.717) is 5.41 Å². The third kappa shape index (κ3) is 8.19. The van der Waals surface area contributed by atoms with Gasteiger partial charge in [0.15, 0.2) is 0 Å². The fourth-order valence-corrected chi connectivity index (χ4v) is 1.18. The number of hydrogen-bond acceptors (Lipinski definition) is 0. The van der Waals surface area contributed by atoms with Crippen molar-refractivity contribution < 1.29 is 0 Å². The van der Waals surface area contributed by atoms with Gasteiger partial charge >= 0.3 is 0 Å². The monoisotopic (exact) mass is 228 g/mol. The summed E-state index contributed by atoms with van der Waals surface area (Å²) < 4.78 is 0. The summed E-state index contributed by atoms with van der Waals surface area (Å²) in [5.74, 6) is 3.37. The highest BCUT2D eigenvalue weighted by Crippen LogP contribution is 2.28. The molecule has 0 amide bonds. The van der Waals surface area contributed by atoms with Gasteiger partial charge in [0.05, 0.1) is 0 Å². The minimum atomic E-state index is 0.542. The van der Waals surface area contributed by atoms with E-state index >= 15 is 0 Å². The van der Waals surface area contributed by atoms with Crippen LogP contribution in [0.5, 0.6) is 0 Å². The van der Waals surface area contributed by atoms with Crippen molar-refractivity contribution in [2.75, 3.05) is 0 Å². The predicted octanol–water partition coefficient (Wildman–Crippen LogP) is 6.01. The zero-order valence-electron chi connectivity index (χ0n) is 13.5. The van der Waals surface area contributed by atoms with Crippen LogP contribution in [0.1, 0.15) is 75.7 Å². The Labute approximate surface area is 105 Å². The lowest BCUT2D eigenvalue weighted by Crippen LogP contribution is -2.17. The smallest absolute Gasteiger partial charge is 0.0334 e. The molecular formula is C16H36. The maximum Gasteiger partial charge on any atom is -0.0334 e. The third-order valence-corrected chi connectivity index (χ3v) is 4.58. The molecule has 0 spiro atoms. The van der Waals surface area contributed by atoms with Crippen LogP contribution in [-0.4, -0.2) is 0 Å². The van der Waals surface area contributed by atoms with Crippen molar-refractivity contribution in [2.24, 2.45) is 29.1 Å². The molecule has 0 aliphatic heterocycles. The van der Waals surface area contributed by atoms with Gasteiger partial charge in [-0.05, 0) is 29.1 Å². The van der Waals surface area contributed by atoms with Gasteiger partial charge in [0.2, 0.25) is 0 Å². The van der Waals surface area contributed by atoms with Crippen molar-refractivity contribution in [3.05, 3.63) is 0 Å². The molecule has 0 N–H and O–H groups in total. The van der Waals surface area contributed by atoms with Gasteiger partial charge in [-0.15, -0.1) is 0 Å². The second kappa shape index (κ2) is 8.14. The van der Waals surface area contributed by atoms with Gasteiger partial charge < -0.3 is 0 Å². The summed E-state index contributed by atoms with van der Waals surface area (Å²) in [7, 11) is 0. The summed E-state index contributed by atoms with van der Waals surface area (Å²) in [6.45, 7) is 22.9. The van der Waals surface area contributed by atoms with E-state index in [1.807, 2.05) is 0 Å². The van der Waals surface area contributed by atoms with Crippen molar-refractivity contribution in [2.45, 2.75) is 75.7 Å². The first-order valence-electron chi connectivity index (χ1n) is 7.06. The number of rotatable bonds is 4. The van der Waals surface area contributed by atoms with Gasteiger partial charge in [-0.25, -0.2) is 0 Å². The average molecular weight is 228 g/mol. The average Bonchev–Trinajstić information content (AvgIpc) is 2.17. The summed E-state index contributed by atoms with van der Waals surface area (Å²) in [5.41, 5.74) is 0.542. The van der Waals surface area contributed by atoms with Crippen LogP contribution in [0, 0.1) is 29.1 Å².